The number of rotatable bonds is 2. The second-order valence-corrected chi connectivity index (χ2v) is 5.54. The largest absolute Gasteiger partial charge is 0.381 e. The third-order valence-corrected chi connectivity index (χ3v) is 4.28. The Labute approximate surface area is 114 Å². The summed E-state index contributed by atoms with van der Waals surface area (Å²) in [5.41, 5.74) is 2.71. The number of fused-ring (bicyclic) bond motifs is 1. The van der Waals surface area contributed by atoms with Gasteiger partial charge in [-0.15, -0.1) is 0 Å². The van der Waals surface area contributed by atoms with Gasteiger partial charge in [0.1, 0.15) is 0 Å². The first-order valence-corrected chi connectivity index (χ1v) is 7.30. The van der Waals surface area contributed by atoms with Crippen LogP contribution in [0.2, 0.25) is 0 Å². The van der Waals surface area contributed by atoms with Crippen LogP contribution in [0.5, 0.6) is 0 Å². The Balaban J connectivity index is 1.68. The molecule has 1 atom stereocenters. The molecule has 0 aromatic heterocycles. The van der Waals surface area contributed by atoms with E-state index in [4.69, 9.17) is 4.74 Å². The van der Waals surface area contributed by atoms with E-state index >= 15 is 0 Å². The van der Waals surface area contributed by atoms with E-state index in [-0.39, 0.29) is 17.9 Å². The van der Waals surface area contributed by atoms with E-state index in [9.17, 15) is 4.79 Å². The van der Waals surface area contributed by atoms with Crippen molar-refractivity contribution in [1.29, 1.82) is 0 Å². The number of carbonyl (C=O) groups excluding carboxylic acids is 1. The van der Waals surface area contributed by atoms with Gasteiger partial charge in [-0.3, -0.25) is 4.79 Å². The van der Waals surface area contributed by atoms with Crippen LogP contribution < -0.4 is 5.32 Å². The van der Waals surface area contributed by atoms with Crippen LogP contribution in [0.15, 0.2) is 24.3 Å². The van der Waals surface area contributed by atoms with Crippen molar-refractivity contribution in [3.05, 3.63) is 35.4 Å². The Bertz CT molecular complexity index is 452. The fraction of sp³-hybridized carbons (Fsp3) is 0.562. The fourth-order valence-electron chi connectivity index (χ4n) is 3.15. The van der Waals surface area contributed by atoms with Crippen LogP contribution in [0.1, 0.15) is 42.9 Å². The standard InChI is InChI=1S/C16H21NO2/c18-16(13-8-10-19-11-9-13)17-15-7-3-5-12-4-1-2-6-14(12)15/h1-2,4,6,13,15H,3,5,7-11H2,(H,17,18)/t15-/m1/s1. The molecule has 1 aromatic carbocycles. The van der Waals surface area contributed by atoms with Gasteiger partial charge in [-0.05, 0) is 43.2 Å². The predicted molar refractivity (Wildman–Crippen MR) is 73.8 cm³/mol. The summed E-state index contributed by atoms with van der Waals surface area (Å²) in [5, 5.41) is 3.25. The number of hydrogen-bond acceptors (Lipinski definition) is 2. The zero-order valence-corrected chi connectivity index (χ0v) is 11.2. The fourth-order valence-corrected chi connectivity index (χ4v) is 3.15. The highest BCUT2D eigenvalue weighted by atomic mass is 16.5. The van der Waals surface area contributed by atoms with E-state index in [0.29, 0.717) is 0 Å². The quantitative estimate of drug-likeness (QED) is 0.886. The highest BCUT2D eigenvalue weighted by molar-refractivity contribution is 5.79. The van der Waals surface area contributed by atoms with Crippen molar-refractivity contribution in [3.63, 3.8) is 0 Å². The summed E-state index contributed by atoms with van der Waals surface area (Å²) in [5.74, 6) is 0.354. The molecule has 0 radical (unpaired) electrons. The normalized spacial score (nSPS) is 23.7. The van der Waals surface area contributed by atoms with Crippen LogP contribution in [-0.2, 0) is 16.0 Å². The average molecular weight is 259 g/mol. The highest BCUT2D eigenvalue weighted by Crippen LogP contribution is 2.30. The average Bonchev–Trinajstić information content (AvgIpc) is 2.48. The molecule has 19 heavy (non-hydrogen) atoms. The number of hydrogen-bond donors (Lipinski definition) is 1. The lowest BCUT2D eigenvalue weighted by atomic mass is 9.87. The van der Waals surface area contributed by atoms with Crippen molar-refractivity contribution in [2.75, 3.05) is 13.2 Å². The smallest absolute Gasteiger partial charge is 0.223 e. The number of ether oxygens (including phenoxy) is 1. The maximum Gasteiger partial charge on any atom is 0.223 e. The molecule has 1 aliphatic heterocycles. The van der Waals surface area contributed by atoms with Gasteiger partial charge < -0.3 is 10.1 Å². The molecule has 0 saturated carbocycles. The molecule has 1 aliphatic carbocycles. The first-order chi connectivity index (χ1) is 9.34. The van der Waals surface area contributed by atoms with E-state index in [2.05, 4.69) is 29.6 Å². The van der Waals surface area contributed by atoms with Gasteiger partial charge in [-0.1, -0.05) is 24.3 Å². The van der Waals surface area contributed by atoms with E-state index in [1.807, 2.05) is 0 Å². The summed E-state index contributed by atoms with van der Waals surface area (Å²) in [6.45, 7) is 1.44. The Kier molecular flexibility index (Phi) is 3.83. The molecule has 1 amide bonds. The van der Waals surface area contributed by atoms with E-state index in [1.165, 1.54) is 11.1 Å². The zero-order valence-electron chi connectivity index (χ0n) is 11.2. The first-order valence-electron chi connectivity index (χ1n) is 7.30. The zero-order chi connectivity index (χ0) is 13.1. The van der Waals surface area contributed by atoms with Gasteiger partial charge in [0.25, 0.3) is 0 Å². The Morgan fingerprint density at radius 2 is 1.95 bits per heavy atom. The molecule has 1 aromatic rings. The third-order valence-electron chi connectivity index (χ3n) is 4.28. The molecule has 1 N–H and O–H groups in total. The molecule has 3 heteroatoms. The molecule has 0 unspecified atom stereocenters. The topological polar surface area (TPSA) is 38.3 Å². The SMILES string of the molecule is O=C(N[C@@H]1CCCc2ccccc21)C1CCOCC1. The summed E-state index contributed by atoms with van der Waals surface area (Å²) in [6.07, 6.45) is 5.09. The summed E-state index contributed by atoms with van der Waals surface area (Å²) in [4.78, 5) is 12.3. The molecular weight excluding hydrogens is 238 g/mol. The lowest BCUT2D eigenvalue weighted by Gasteiger charge is -2.29. The number of amides is 1. The number of carbonyl (C=O) groups is 1. The second kappa shape index (κ2) is 5.74. The summed E-state index contributed by atoms with van der Waals surface area (Å²) in [6, 6.07) is 8.70. The monoisotopic (exact) mass is 259 g/mol. The maximum absolute atomic E-state index is 12.3. The lowest BCUT2D eigenvalue weighted by Crippen LogP contribution is -2.37. The van der Waals surface area contributed by atoms with Crippen LogP contribution >= 0.6 is 0 Å². The van der Waals surface area contributed by atoms with Crippen molar-refractivity contribution < 1.29 is 9.53 Å². The van der Waals surface area contributed by atoms with Crippen LogP contribution in [0, 0.1) is 5.92 Å². The van der Waals surface area contributed by atoms with E-state index in [1.54, 1.807) is 0 Å². The van der Waals surface area contributed by atoms with Crippen LogP contribution in [0.25, 0.3) is 0 Å². The van der Waals surface area contributed by atoms with E-state index < -0.39 is 0 Å². The molecule has 1 fully saturated rings. The molecule has 3 rings (SSSR count). The van der Waals surface area contributed by atoms with Gasteiger partial charge in [0.05, 0.1) is 6.04 Å². The molecule has 0 bridgehead atoms. The first kappa shape index (κ1) is 12.7. The lowest BCUT2D eigenvalue weighted by molar-refractivity contribution is -0.128. The molecular formula is C16H21NO2. The Morgan fingerprint density at radius 3 is 2.79 bits per heavy atom. The van der Waals surface area contributed by atoms with Crippen molar-refractivity contribution in [2.24, 2.45) is 5.92 Å². The highest BCUT2D eigenvalue weighted by Gasteiger charge is 2.26. The molecule has 102 valence electrons. The molecule has 1 heterocycles. The number of nitrogens with one attached hydrogen (secondary N) is 1. The summed E-state index contributed by atoms with van der Waals surface area (Å²) < 4.78 is 5.32. The molecule has 3 nitrogen and oxygen atoms in total. The van der Waals surface area contributed by atoms with Crippen LogP contribution in [0.3, 0.4) is 0 Å². The Hall–Kier alpha value is -1.35. The number of aryl methyl sites for hydroxylation is 1. The predicted octanol–water partition coefficient (Wildman–Crippen LogP) is 2.61. The molecule has 1 saturated heterocycles. The van der Waals surface area contributed by atoms with E-state index in [0.717, 1.165) is 45.3 Å². The van der Waals surface area contributed by atoms with Gasteiger partial charge in [0, 0.05) is 19.1 Å². The minimum atomic E-state index is 0.142. The van der Waals surface area contributed by atoms with Crippen molar-refractivity contribution in [1.82, 2.24) is 5.32 Å². The molecule has 0 spiro atoms. The minimum absolute atomic E-state index is 0.142. The third kappa shape index (κ3) is 2.81. The van der Waals surface area contributed by atoms with Crippen molar-refractivity contribution in [3.8, 4) is 0 Å². The van der Waals surface area contributed by atoms with Gasteiger partial charge in [-0.2, -0.15) is 0 Å². The number of benzene rings is 1. The minimum Gasteiger partial charge on any atom is -0.381 e. The van der Waals surface area contributed by atoms with Crippen LogP contribution in [-0.4, -0.2) is 19.1 Å². The van der Waals surface area contributed by atoms with Crippen molar-refractivity contribution >= 4 is 5.91 Å². The van der Waals surface area contributed by atoms with Gasteiger partial charge in [0.15, 0.2) is 0 Å². The van der Waals surface area contributed by atoms with Gasteiger partial charge >= 0.3 is 0 Å². The maximum atomic E-state index is 12.3. The Morgan fingerprint density at radius 1 is 1.16 bits per heavy atom. The second-order valence-electron chi connectivity index (χ2n) is 5.54. The van der Waals surface area contributed by atoms with Crippen molar-refractivity contribution in [2.45, 2.75) is 38.1 Å². The summed E-state index contributed by atoms with van der Waals surface area (Å²) >= 11 is 0. The van der Waals surface area contributed by atoms with Crippen LogP contribution in [0.4, 0.5) is 0 Å². The summed E-state index contributed by atoms with van der Waals surface area (Å²) in [7, 11) is 0. The molecule has 2 aliphatic rings. The van der Waals surface area contributed by atoms with Gasteiger partial charge in [0.2, 0.25) is 5.91 Å². The van der Waals surface area contributed by atoms with Gasteiger partial charge in [-0.25, -0.2) is 0 Å².